The summed E-state index contributed by atoms with van der Waals surface area (Å²) in [6.45, 7) is 12.4. The summed E-state index contributed by atoms with van der Waals surface area (Å²) in [6.07, 6.45) is 0. The predicted octanol–water partition coefficient (Wildman–Crippen LogP) is 2.57. The summed E-state index contributed by atoms with van der Waals surface area (Å²) in [5, 5.41) is 0. The molecule has 1 aromatic carbocycles. The quantitative estimate of drug-likeness (QED) is 0.852. The van der Waals surface area contributed by atoms with Gasteiger partial charge in [0.05, 0.1) is 0 Å². The Balaban J connectivity index is 1.84. The van der Waals surface area contributed by atoms with Crippen molar-refractivity contribution in [1.82, 2.24) is 14.7 Å². The van der Waals surface area contributed by atoms with Crippen LogP contribution in [-0.4, -0.2) is 60.0 Å². The summed E-state index contributed by atoms with van der Waals surface area (Å²) in [5.74, 6) is 0. The summed E-state index contributed by atoms with van der Waals surface area (Å²) < 4.78 is 0. The van der Waals surface area contributed by atoms with Crippen LogP contribution >= 0.6 is 0 Å². The molecule has 1 aliphatic rings. The lowest BCUT2D eigenvalue weighted by Crippen LogP contribution is -2.52. The Morgan fingerprint density at radius 3 is 2.38 bits per heavy atom. The molecule has 1 heterocycles. The third kappa shape index (κ3) is 4.21. The largest absolute Gasteiger partial charge is 0.325 e. The van der Waals surface area contributed by atoms with E-state index in [2.05, 4.69) is 36.1 Å². The van der Waals surface area contributed by atoms with E-state index in [1.54, 1.807) is 0 Å². The van der Waals surface area contributed by atoms with Gasteiger partial charge in [0.15, 0.2) is 0 Å². The molecule has 0 aliphatic carbocycles. The second-order valence-electron chi connectivity index (χ2n) is 5.71. The normalized spacial score (nSPS) is 16.0. The van der Waals surface area contributed by atoms with Crippen LogP contribution < -0.4 is 0 Å². The number of urea groups is 1. The summed E-state index contributed by atoms with van der Waals surface area (Å²) in [5.41, 5.74) is 2.67. The van der Waals surface area contributed by atoms with E-state index >= 15 is 0 Å². The molecule has 1 saturated heterocycles. The van der Waals surface area contributed by atoms with E-state index in [1.165, 1.54) is 11.1 Å². The van der Waals surface area contributed by atoms with Gasteiger partial charge in [-0.1, -0.05) is 29.8 Å². The molecule has 4 heteroatoms. The molecule has 2 rings (SSSR count). The number of nitrogens with zero attached hydrogens (tertiary/aromatic N) is 3. The Morgan fingerprint density at radius 2 is 1.81 bits per heavy atom. The number of aryl methyl sites for hydroxylation is 1. The first kappa shape index (κ1) is 15.8. The number of carbonyl (C=O) groups excluding carboxylic acids is 1. The number of hydrogen-bond donors (Lipinski definition) is 0. The molecular formula is C17H27N3O. The lowest BCUT2D eigenvalue weighted by Gasteiger charge is -2.37. The zero-order valence-electron chi connectivity index (χ0n) is 13.5. The molecule has 0 aromatic heterocycles. The average molecular weight is 289 g/mol. The molecule has 2 amide bonds. The van der Waals surface area contributed by atoms with Crippen LogP contribution in [-0.2, 0) is 6.54 Å². The molecular weight excluding hydrogens is 262 g/mol. The van der Waals surface area contributed by atoms with Crippen LogP contribution in [0.15, 0.2) is 24.3 Å². The molecule has 1 aliphatic heterocycles. The highest BCUT2D eigenvalue weighted by Crippen LogP contribution is 2.11. The van der Waals surface area contributed by atoms with E-state index in [0.717, 1.165) is 45.8 Å². The highest BCUT2D eigenvalue weighted by Gasteiger charge is 2.23. The summed E-state index contributed by atoms with van der Waals surface area (Å²) >= 11 is 0. The molecule has 0 atom stereocenters. The molecule has 0 bridgehead atoms. The Bertz CT molecular complexity index is 463. The zero-order chi connectivity index (χ0) is 15.2. The number of benzene rings is 1. The third-order valence-electron chi connectivity index (χ3n) is 4.17. The summed E-state index contributed by atoms with van der Waals surface area (Å²) in [7, 11) is 0. The fourth-order valence-corrected chi connectivity index (χ4v) is 2.86. The number of carbonyl (C=O) groups is 1. The first-order valence-electron chi connectivity index (χ1n) is 7.95. The molecule has 1 fully saturated rings. The molecule has 4 nitrogen and oxygen atoms in total. The highest BCUT2D eigenvalue weighted by atomic mass is 16.2. The van der Waals surface area contributed by atoms with Crippen molar-refractivity contribution in [3.63, 3.8) is 0 Å². The molecule has 1 aromatic rings. The van der Waals surface area contributed by atoms with E-state index < -0.39 is 0 Å². The van der Waals surface area contributed by atoms with Gasteiger partial charge in [-0.3, -0.25) is 4.90 Å². The van der Waals surface area contributed by atoms with E-state index in [0.29, 0.717) is 0 Å². The molecule has 21 heavy (non-hydrogen) atoms. The van der Waals surface area contributed by atoms with Gasteiger partial charge in [-0.25, -0.2) is 4.79 Å². The first-order chi connectivity index (χ1) is 10.1. The van der Waals surface area contributed by atoms with E-state index in [4.69, 9.17) is 0 Å². The Hall–Kier alpha value is -1.55. The van der Waals surface area contributed by atoms with Gasteiger partial charge in [0.2, 0.25) is 0 Å². The number of rotatable bonds is 4. The maximum atomic E-state index is 12.3. The van der Waals surface area contributed by atoms with Crippen molar-refractivity contribution in [3.05, 3.63) is 35.4 Å². The molecule has 0 radical (unpaired) electrons. The Morgan fingerprint density at radius 1 is 1.14 bits per heavy atom. The zero-order valence-corrected chi connectivity index (χ0v) is 13.5. The van der Waals surface area contributed by atoms with Crippen molar-refractivity contribution in [2.45, 2.75) is 27.3 Å². The molecule has 0 spiro atoms. The van der Waals surface area contributed by atoms with E-state index in [-0.39, 0.29) is 6.03 Å². The van der Waals surface area contributed by atoms with Crippen LogP contribution in [0.4, 0.5) is 4.79 Å². The van der Waals surface area contributed by atoms with Crippen molar-refractivity contribution >= 4 is 6.03 Å². The second kappa shape index (κ2) is 7.46. The van der Waals surface area contributed by atoms with Crippen LogP contribution in [0.2, 0.25) is 0 Å². The average Bonchev–Trinajstić information content (AvgIpc) is 2.49. The molecule has 0 unspecified atom stereocenters. The number of piperazine rings is 1. The van der Waals surface area contributed by atoms with Gasteiger partial charge in [-0.05, 0) is 26.3 Å². The first-order valence-corrected chi connectivity index (χ1v) is 7.95. The van der Waals surface area contributed by atoms with Crippen molar-refractivity contribution < 1.29 is 4.79 Å². The summed E-state index contributed by atoms with van der Waals surface area (Å²) in [4.78, 5) is 18.6. The van der Waals surface area contributed by atoms with Crippen molar-refractivity contribution in [2.24, 2.45) is 0 Å². The molecule has 0 saturated carbocycles. The topological polar surface area (TPSA) is 26.8 Å². The van der Waals surface area contributed by atoms with Gasteiger partial charge in [-0.15, -0.1) is 0 Å². The van der Waals surface area contributed by atoms with Crippen LogP contribution in [0.25, 0.3) is 0 Å². The van der Waals surface area contributed by atoms with Crippen LogP contribution in [0.1, 0.15) is 25.0 Å². The summed E-state index contributed by atoms with van der Waals surface area (Å²) in [6, 6.07) is 8.86. The van der Waals surface area contributed by atoms with Gasteiger partial charge in [0, 0.05) is 45.8 Å². The fraction of sp³-hybridized carbons (Fsp3) is 0.588. The number of hydrogen-bond acceptors (Lipinski definition) is 2. The maximum absolute atomic E-state index is 12.3. The SMILES string of the molecule is CCN(CC)C(=O)N1CCN(Cc2cccc(C)c2)CC1. The Kier molecular flexibility index (Phi) is 5.62. The lowest BCUT2D eigenvalue weighted by molar-refractivity contribution is 0.112. The maximum Gasteiger partial charge on any atom is 0.320 e. The van der Waals surface area contributed by atoms with Crippen LogP contribution in [0.3, 0.4) is 0 Å². The highest BCUT2D eigenvalue weighted by molar-refractivity contribution is 5.74. The van der Waals surface area contributed by atoms with Crippen molar-refractivity contribution in [3.8, 4) is 0 Å². The van der Waals surface area contributed by atoms with Crippen molar-refractivity contribution in [2.75, 3.05) is 39.3 Å². The smallest absolute Gasteiger partial charge is 0.320 e. The predicted molar refractivity (Wildman–Crippen MR) is 86.3 cm³/mol. The minimum atomic E-state index is 0.190. The second-order valence-corrected chi connectivity index (χ2v) is 5.71. The minimum absolute atomic E-state index is 0.190. The van der Waals surface area contributed by atoms with Gasteiger partial charge < -0.3 is 9.80 Å². The van der Waals surface area contributed by atoms with E-state index in [9.17, 15) is 4.79 Å². The Labute approximate surface area is 128 Å². The van der Waals surface area contributed by atoms with Crippen LogP contribution in [0.5, 0.6) is 0 Å². The van der Waals surface area contributed by atoms with Crippen LogP contribution in [0, 0.1) is 6.92 Å². The van der Waals surface area contributed by atoms with E-state index in [1.807, 2.05) is 23.6 Å². The van der Waals surface area contributed by atoms with Crippen molar-refractivity contribution in [1.29, 1.82) is 0 Å². The standard InChI is InChI=1S/C17H27N3O/c1-4-19(5-2)17(21)20-11-9-18(10-12-20)14-16-8-6-7-15(3)13-16/h6-8,13H,4-5,9-12,14H2,1-3H3. The fourth-order valence-electron chi connectivity index (χ4n) is 2.86. The molecule has 0 N–H and O–H groups in total. The van der Waals surface area contributed by atoms with Gasteiger partial charge in [0.1, 0.15) is 0 Å². The monoisotopic (exact) mass is 289 g/mol. The van der Waals surface area contributed by atoms with Gasteiger partial charge in [0.25, 0.3) is 0 Å². The number of amides is 2. The van der Waals surface area contributed by atoms with Gasteiger partial charge in [-0.2, -0.15) is 0 Å². The third-order valence-corrected chi connectivity index (χ3v) is 4.17. The lowest BCUT2D eigenvalue weighted by atomic mass is 10.1. The minimum Gasteiger partial charge on any atom is -0.325 e. The molecule has 116 valence electrons. The van der Waals surface area contributed by atoms with Gasteiger partial charge >= 0.3 is 6.03 Å².